The number of amides is 1. The second kappa shape index (κ2) is 9.54. The Morgan fingerprint density at radius 1 is 1.32 bits per heavy atom. The molecule has 0 aromatic heterocycles. The van der Waals surface area contributed by atoms with Gasteiger partial charge in [0.15, 0.2) is 11.5 Å². The Bertz CT molecular complexity index is 476. The van der Waals surface area contributed by atoms with Gasteiger partial charge in [0.2, 0.25) is 5.91 Å². The van der Waals surface area contributed by atoms with Gasteiger partial charge in [0.1, 0.15) is 0 Å². The first-order valence-corrected chi connectivity index (χ1v) is 7.54. The minimum absolute atomic E-state index is 0. The molecular formula is C16H25ClN2O3. The summed E-state index contributed by atoms with van der Waals surface area (Å²) in [5, 5.41) is 6.25. The number of ether oxygens (including phenoxy) is 2. The summed E-state index contributed by atoms with van der Waals surface area (Å²) in [7, 11) is 1.60. The number of carbonyl (C=O) groups is 1. The molecule has 0 bridgehead atoms. The molecule has 1 aliphatic heterocycles. The summed E-state index contributed by atoms with van der Waals surface area (Å²) >= 11 is 0. The lowest BCUT2D eigenvalue weighted by molar-refractivity contribution is -0.117. The summed E-state index contributed by atoms with van der Waals surface area (Å²) in [6.07, 6.45) is 2.72. The smallest absolute Gasteiger partial charge is 0.224 e. The Balaban J connectivity index is 0.00000242. The molecule has 22 heavy (non-hydrogen) atoms. The lowest BCUT2D eigenvalue weighted by Crippen LogP contribution is -2.30. The monoisotopic (exact) mass is 328 g/mol. The van der Waals surface area contributed by atoms with Crippen LogP contribution in [-0.4, -0.2) is 32.7 Å². The van der Waals surface area contributed by atoms with Crippen LogP contribution in [0.3, 0.4) is 0 Å². The molecule has 1 saturated heterocycles. The van der Waals surface area contributed by atoms with Crippen LogP contribution in [0.4, 0.5) is 5.69 Å². The molecule has 124 valence electrons. The largest absolute Gasteiger partial charge is 0.493 e. The van der Waals surface area contributed by atoms with Crippen LogP contribution >= 0.6 is 12.4 Å². The van der Waals surface area contributed by atoms with Gasteiger partial charge < -0.3 is 20.1 Å². The van der Waals surface area contributed by atoms with Crippen molar-refractivity contribution < 1.29 is 14.3 Å². The van der Waals surface area contributed by atoms with E-state index in [4.69, 9.17) is 9.47 Å². The molecule has 2 rings (SSSR count). The zero-order chi connectivity index (χ0) is 15.1. The zero-order valence-electron chi connectivity index (χ0n) is 13.2. The molecule has 2 N–H and O–H groups in total. The van der Waals surface area contributed by atoms with Gasteiger partial charge in [-0.15, -0.1) is 12.4 Å². The van der Waals surface area contributed by atoms with E-state index in [-0.39, 0.29) is 18.3 Å². The number of anilines is 1. The zero-order valence-corrected chi connectivity index (χ0v) is 14.0. The van der Waals surface area contributed by atoms with Crippen molar-refractivity contribution in [3.8, 4) is 11.5 Å². The van der Waals surface area contributed by atoms with Gasteiger partial charge in [0.05, 0.1) is 13.7 Å². The first kappa shape index (κ1) is 18.6. The number of rotatable bonds is 6. The first-order chi connectivity index (χ1) is 10.2. The molecule has 0 unspecified atom stereocenters. The van der Waals surface area contributed by atoms with E-state index < -0.39 is 0 Å². The maximum absolute atomic E-state index is 12.1. The summed E-state index contributed by atoms with van der Waals surface area (Å²) < 4.78 is 10.8. The van der Waals surface area contributed by atoms with Crippen molar-refractivity contribution in [3.05, 3.63) is 18.2 Å². The average molecular weight is 329 g/mol. The quantitative estimate of drug-likeness (QED) is 0.843. The molecule has 0 aliphatic carbocycles. The molecule has 1 heterocycles. The molecule has 1 aromatic carbocycles. The van der Waals surface area contributed by atoms with E-state index in [1.54, 1.807) is 13.2 Å². The maximum Gasteiger partial charge on any atom is 0.224 e. The molecule has 1 amide bonds. The standard InChI is InChI=1S/C16H24N2O3.ClH/c1-3-21-14-5-4-13(11-15(14)20-2)18-16(19)10-12-6-8-17-9-7-12;/h4-5,11-12,17H,3,6-10H2,1-2H3,(H,18,19);1H. The SMILES string of the molecule is CCOc1ccc(NC(=O)CC2CCNCC2)cc1OC.Cl. The fraction of sp³-hybridized carbons (Fsp3) is 0.562. The van der Waals surface area contributed by atoms with Crippen LogP contribution in [0.25, 0.3) is 0 Å². The van der Waals surface area contributed by atoms with Crippen LogP contribution in [0, 0.1) is 5.92 Å². The maximum atomic E-state index is 12.1. The van der Waals surface area contributed by atoms with Crippen molar-refractivity contribution in [2.24, 2.45) is 5.92 Å². The number of benzene rings is 1. The molecule has 0 atom stereocenters. The molecule has 5 nitrogen and oxygen atoms in total. The van der Waals surface area contributed by atoms with E-state index >= 15 is 0 Å². The van der Waals surface area contributed by atoms with Crippen LogP contribution in [-0.2, 0) is 4.79 Å². The lowest BCUT2D eigenvalue weighted by Gasteiger charge is -2.22. The second-order valence-electron chi connectivity index (χ2n) is 5.24. The Morgan fingerprint density at radius 2 is 2.05 bits per heavy atom. The summed E-state index contributed by atoms with van der Waals surface area (Å²) in [5.74, 6) is 1.87. The number of piperidine rings is 1. The van der Waals surface area contributed by atoms with Crippen molar-refractivity contribution in [1.29, 1.82) is 0 Å². The number of methoxy groups -OCH3 is 1. The molecule has 0 spiro atoms. The normalized spacial score (nSPS) is 14.8. The predicted octanol–water partition coefficient (Wildman–Crippen LogP) is 2.84. The van der Waals surface area contributed by atoms with E-state index in [1.165, 1.54) is 0 Å². The molecular weight excluding hydrogens is 304 g/mol. The van der Waals surface area contributed by atoms with Gasteiger partial charge >= 0.3 is 0 Å². The fourth-order valence-electron chi connectivity index (χ4n) is 2.58. The average Bonchev–Trinajstić information content (AvgIpc) is 2.50. The van der Waals surface area contributed by atoms with Crippen molar-refractivity contribution in [2.45, 2.75) is 26.2 Å². The van der Waals surface area contributed by atoms with E-state index in [9.17, 15) is 4.79 Å². The van der Waals surface area contributed by atoms with Crippen molar-refractivity contribution in [1.82, 2.24) is 5.32 Å². The number of nitrogens with one attached hydrogen (secondary N) is 2. The molecule has 1 aliphatic rings. The third kappa shape index (κ3) is 5.39. The van der Waals surface area contributed by atoms with Crippen LogP contribution in [0.1, 0.15) is 26.2 Å². The highest BCUT2D eigenvalue weighted by Crippen LogP contribution is 2.30. The summed E-state index contributed by atoms with van der Waals surface area (Å²) in [6, 6.07) is 5.46. The molecule has 6 heteroatoms. The molecule has 1 fully saturated rings. The second-order valence-corrected chi connectivity index (χ2v) is 5.24. The van der Waals surface area contributed by atoms with Crippen LogP contribution < -0.4 is 20.1 Å². The van der Waals surface area contributed by atoms with Crippen LogP contribution in [0.5, 0.6) is 11.5 Å². The summed E-state index contributed by atoms with van der Waals surface area (Å²) in [4.78, 5) is 12.1. The third-order valence-electron chi connectivity index (χ3n) is 3.68. The minimum atomic E-state index is 0. The van der Waals surface area contributed by atoms with Crippen molar-refractivity contribution >= 4 is 24.0 Å². The highest BCUT2D eigenvalue weighted by atomic mass is 35.5. The third-order valence-corrected chi connectivity index (χ3v) is 3.68. The highest BCUT2D eigenvalue weighted by molar-refractivity contribution is 5.91. The van der Waals surface area contributed by atoms with E-state index in [0.717, 1.165) is 31.6 Å². The van der Waals surface area contributed by atoms with Gasteiger partial charge in [0.25, 0.3) is 0 Å². The minimum Gasteiger partial charge on any atom is -0.493 e. The Labute approximate surface area is 138 Å². The van der Waals surface area contributed by atoms with Gasteiger partial charge in [-0.25, -0.2) is 0 Å². The van der Waals surface area contributed by atoms with Crippen molar-refractivity contribution in [2.75, 3.05) is 32.1 Å². The number of carbonyl (C=O) groups excluding carboxylic acids is 1. The van der Waals surface area contributed by atoms with Crippen LogP contribution in [0.2, 0.25) is 0 Å². The predicted molar refractivity (Wildman–Crippen MR) is 90.3 cm³/mol. The molecule has 1 aromatic rings. The number of hydrogen-bond donors (Lipinski definition) is 2. The van der Waals surface area contributed by atoms with Crippen LogP contribution in [0.15, 0.2) is 18.2 Å². The molecule has 0 radical (unpaired) electrons. The van der Waals surface area contributed by atoms with Gasteiger partial charge in [-0.2, -0.15) is 0 Å². The van der Waals surface area contributed by atoms with Gasteiger partial charge in [0, 0.05) is 18.2 Å². The first-order valence-electron chi connectivity index (χ1n) is 7.54. The van der Waals surface area contributed by atoms with E-state index in [2.05, 4.69) is 10.6 Å². The number of hydrogen-bond acceptors (Lipinski definition) is 4. The van der Waals surface area contributed by atoms with Gasteiger partial charge in [-0.1, -0.05) is 0 Å². The number of halogens is 1. The van der Waals surface area contributed by atoms with E-state index in [1.807, 2.05) is 19.1 Å². The Kier molecular flexibility index (Phi) is 8.06. The summed E-state index contributed by atoms with van der Waals surface area (Å²) in [5.41, 5.74) is 0.745. The van der Waals surface area contributed by atoms with E-state index in [0.29, 0.717) is 30.4 Å². The van der Waals surface area contributed by atoms with Gasteiger partial charge in [-0.05, 0) is 50.9 Å². The molecule has 0 saturated carbocycles. The Hall–Kier alpha value is -1.46. The Morgan fingerprint density at radius 3 is 2.68 bits per heavy atom. The van der Waals surface area contributed by atoms with Crippen molar-refractivity contribution in [3.63, 3.8) is 0 Å². The topological polar surface area (TPSA) is 59.6 Å². The lowest BCUT2D eigenvalue weighted by atomic mass is 9.94. The fourth-order valence-corrected chi connectivity index (χ4v) is 2.58. The highest BCUT2D eigenvalue weighted by Gasteiger charge is 2.17. The summed E-state index contributed by atoms with van der Waals surface area (Å²) in [6.45, 7) is 4.52. The van der Waals surface area contributed by atoms with Gasteiger partial charge in [-0.3, -0.25) is 4.79 Å².